The summed E-state index contributed by atoms with van der Waals surface area (Å²) in [6.07, 6.45) is 1.46. The standard InChI is InChI=1S/C14H10Cl2N2OS/c15-10-6-5-9(12(16)7-10)8-17-18-14(19)11-3-1-2-4-13(11)20/h1-8,20H,(H,18,19)/b17-8-. The Morgan fingerprint density at radius 2 is 1.95 bits per heavy atom. The Hall–Kier alpha value is -1.49. The van der Waals surface area contributed by atoms with Crippen LogP contribution in [0, 0.1) is 0 Å². The fourth-order valence-electron chi connectivity index (χ4n) is 1.49. The molecule has 0 saturated heterocycles. The van der Waals surface area contributed by atoms with Crippen LogP contribution in [0.2, 0.25) is 10.0 Å². The summed E-state index contributed by atoms with van der Waals surface area (Å²) in [7, 11) is 0. The van der Waals surface area contributed by atoms with Crippen molar-refractivity contribution in [1.82, 2.24) is 5.43 Å². The van der Waals surface area contributed by atoms with Gasteiger partial charge in [-0.2, -0.15) is 5.10 Å². The molecule has 0 fully saturated rings. The van der Waals surface area contributed by atoms with Crippen molar-refractivity contribution in [3.05, 3.63) is 63.6 Å². The van der Waals surface area contributed by atoms with Crippen LogP contribution in [-0.4, -0.2) is 12.1 Å². The number of amides is 1. The molecule has 2 aromatic rings. The van der Waals surface area contributed by atoms with Gasteiger partial charge in [0.25, 0.3) is 5.91 Å². The predicted octanol–water partition coefficient (Wildman–Crippen LogP) is 4.05. The molecule has 0 radical (unpaired) electrons. The maximum absolute atomic E-state index is 11.9. The number of nitrogens with zero attached hydrogens (tertiary/aromatic N) is 1. The second kappa shape index (κ2) is 6.79. The predicted molar refractivity (Wildman–Crippen MR) is 85.2 cm³/mol. The minimum Gasteiger partial charge on any atom is -0.267 e. The number of nitrogens with one attached hydrogen (secondary N) is 1. The Kier molecular flexibility index (Phi) is 5.06. The number of hydrogen-bond acceptors (Lipinski definition) is 3. The van der Waals surface area contributed by atoms with Crippen molar-refractivity contribution in [3.63, 3.8) is 0 Å². The molecule has 0 spiro atoms. The maximum Gasteiger partial charge on any atom is 0.272 e. The maximum atomic E-state index is 11.9. The lowest BCUT2D eigenvalue weighted by molar-refractivity contribution is 0.0952. The molecule has 1 amide bonds. The Morgan fingerprint density at radius 1 is 1.20 bits per heavy atom. The summed E-state index contributed by atoms with van der Waals surface area (Å²) < 4.78 is 0. The average molecular weight is 325 g/mol. The van der Waals surface area contributed by atoms with Crippen molar-refractivity contribution in [2.75, 3.05) is 0 Å². The highest BCUT2D eigenvalue weighted by molar-refractivity contribution is 7.80. The molecule has 0 heterocycles. The summed E-state index contributed by atoms with van der Waals surface area (Å²) in [5, 5.41) is 4.87. The van der Waals surface area contributed by atoms with Gasteiger partial charge in [-0.05, 0) is 24.3 Å². The minimum atomic E-state index is -0.336. The van der Waals surface area contributed by atoms with Crippen molar-refractivity contribution in [2.45, 2.75) is 4.90 Å². The first-order chi connectivity index (χ1) is 9.58. The number of halogens is 2. The molecule has 20 heavy (non-hydrogen) atoms. The van der Waals surface area contributed by atoms with E-state index in [0.29, 0.717) is 26.1 Å². The number of hydrazone groups is 1. The van der Waals surface area contributed by atoms with Gasteiger partial charge >= 0.3 is 0 Å². The van der Waals surface area contributed by atoms with E-state index in [1.165, 1.54) is 6.21 Å². The molecular formula is C14H10Cl2N2OS. The topological polar surface area (TPSA) is 41.5 Å². The Labute approximate surface area is 132 Å². The SMILES string of the molecule is O=C(N/N=C\c1ccc(Cl)cc1Cl)c1ccccc1S. The van der Waals surface area contributed by atoms with Crippen LogP contribution in [0.1, 0.15) is 15.9 Å². The average Bonchev–Trinajstić information content (AvgIpc) is 2.41. The molecule has 0 unspecified atom stereocenters. The Morgan fingerprint density at radius 3 is 2.65 bits per heavy atom. The van der Waals surface area contributed by atoms with Gasteiger partial charge in [-0.25, -0.2) is 5.43 Å². The first-order valence-electron chi connectivity index (χ1n) is 5.64. The largest absolute Gasteiger partial charge is 0.272 e. The molecular weight excluding hydrogens is 315 g/mol. The van der Waals surface area contributed by atoms with Gasteiger partial charge in [0.1, 0.15) is 0 Å². The number of benzene rings is 2. The third kappa shape index (κ3) is 3.76. The second-order valence-corrected chi connectivity index (χ2v) is 5.21. The molecule has 102 valence electrons. The van der Waals surface area contributed by atoms with Crippen LogP contribution in [0.15, 0.2) is 52.5 Å². The van der Waals surface area contributed by atoms with Crippen molar-refractivity contribution in [1.29, 1.82) is 0 Å². The summed E-state index contributed by atoms with van der Waals surface area (Å²) in [6.45, 7) is 0. The number of carbonyl (C=O) groups is 1. The molecule has 0 aromatic heterocycles. The molecule has 2 rings (SSSR count). The van der Waals surface area contributed by atoms with Gasteiger partial charge in [0.2, 0.25) is 0 Å². The van der Waals surface area contributed by atoms with E-state index >= 15 is 0 Å². The van der Waals surface area contributed by atoms with E-state index in [9.17, 15) is 4.79 Å². The van der Waals surface area contributed by atoms with Crippen molar-refractivity contribution in [3.8, 4) is 0 Å². The first-order valence-corrected chi connectivity index (χ1v) is 6.84. The van der Waals surface area contributed by atoms with E-state index in [1.807, 2.05) is 0 Å². The zero-order chi connectivity index (χ0) is 14.5. The van der Waals surface area contributed by atoms with Crippen molar-refractivity contribution in [2.24, 2.45) is 5.10 Å². The summed E-state index contributed by atoms with van der Waals surface area (Å²) in [5.41, 5.74) is 3.54. The van der Waals surface area contributed by atoms with Crippen LogP contribution in [0.3, 0.4) is 0 Å². The highest BCUT2D eigenvalue weighted by Crippen LogP contribution is 2.19. The quantitative estimate of drug-likeness (QED) is 0.499. The smallest absolute Gasteiger partial charge is 0.267 e. The van der Waals surface area contributed by atoms with Gasteiger partial charge in [-0.15, -0.1) is 12.6 Å². The van der Waals surface area contributed by atoms with E-state index in [4.69, 9.17) is 23.2 Å². The molecule has 3 nitrogen and oxygen atoms in total. The molecule has 0 atom stereocenters. The van der Waals surface area contributed by atoms with Crippen LogP contribution in [-0.2, 0) is 0 Å². The normalized spacial score (nSPS) is 10.8. The Bertz CT molecular complexity index is 674. The van der Waals surface area contributed by atoms with Gasteiger partial charge in [-0.3, -0.25) is 4.79 Å². The molecule has 1 N–H and O–H groups in total. The van der Waals surface area contributed by atoms with Gasteiger partial charge in [0, 0.05) is 15.5 Å². The van der Waals surface area contributed by atoms with Crippen LogP contribution in [0.4, 0.5) is 0 Å². The van der Waals surface area contributed by atoms with Gasteiger partial charge in [0.05, 0.1) is 16.8 Å². The van der Waals surface area contributed by atoms with Gasteiger partial charge < -0.3 is 0 Å². The van der Waals surface area contributed by atoms with E-state index in [0.717, 1.165) is 0 Å². The minimum absolute atomic E-state index is 0.336. The molecule has 0 aliphatic carbocycles. The fourth-order valence-corrected chi connectivity index (χ4v) is 2.21. The number of rotatable bonds is 3. The monoisotopic (exact) mass is 324 g/mol. The van der Waals surface area contributed by atoms with Gasteiger partial charge in [-0.1, -0.05) is 41.4 Å². The summed E-state index contributed by atoms with van der Waals surface area (Å²) in [6, 6.07) is 12.0. The van der Waals surface area contributed by atoms with E-state index < -0.39 is 0 Å². The lowest BCUT2D eigenvalue weighted by atomic mass is 10.2. The zero-order valence-electron chi connectivity index (χ0n) is 10.2. The van der Waals surface area contributed by atoms with Crippen LogP contribution < -0.4 is 5.43 Å². The molecule has 0 aliphatic rings. The summed E-state index contributed by atoms with van der Waals surface area (Å²) >= 11 is 16.0. The molecule has 2 aromatic carbocycles. The summed E-state index contributed by atoms with van der Waals surface area (Å²) in [5.74, 6) is -0.336. The van der Waals surface area contributed by atoms with E-state index in [2.05, 4.69) is 23.2 Å². The van der Waals surface area contributed by atoms with E-state index in [-0.39, 0.29) is 5.91 Å². The van der Waals surface area contributed by atoms with Crippen molar-refractivity contribution < 1.29 is 4.79 Å². The number of hydrogen-bond donors (Lipinski definition) is 2. The van der Waals surface area contributed by atoms with Crippen LogP contribution in [0.25, 0.3) is 0 Å². The highest BCUT2D eigenvalue weighted by Gasteiger charge is 2.07. The highest BCUT2D eigenvalue weighted by atomic mass is 35.5. The van der Waals surface area contributed by atoms with Crippen molar-refractivity contribution >= 4 is 48.0 Å². The number of carbonyl (C=O) groups excluding carboxylic acids is 1. The van der Waals surface area contributed by atoms with Crippen LogP contribution in [0.5, 0.6) is 0 Å². The van der Waals surface area contributed by atoms with Crippen LogP contribution >= 0.6 is 35.8 Å². The van der Waals surface area contributed by atoms with Gasteiger partial charge in [0.15, 0.2) is 0 Å². The molecule has 0 bridgehead atoms. The van der Waals surface area contributed by atoms with E-state index in [1.54, 1.807) is 42.5 Å². The second-order valence-electron chi connectivity index (χ2n) is 3.88. The lowest BCUT2D eigenvalue weighted by Crippen LogP contribution is -2.18. The molecule has 0 aliphatic heterocycles. The number of thiol groups is 1. The zero-order valence-corrected chi connectivity index (χ0v) is 12.6. The molecule has 0 saturated carbocycles. The third-order valence-corrected chi connectivity index (χ3v) is 3.43. The summed E-state index contributed by atoms with van der Waals surface area (Å²) in [4.78, 5) is 12.5. The molecule has 6 heteroatoms. The fraction of sp³-hybridized carbons (Fsp3) is 0. The third-order valence-electron chi connectivity index (χ3n) is 2.48. The lowest BCUT2D eigenvalue weighted by Gasteiger charge is -2.03. The Balaban J connectivity index is 2.07. The first kappa shape index (κ1) is 14.9.